The fourth-order valence-corrected chi connectivity index (χ4v) is 3.00. The molecule has 2 heterocycles. The number of rotatable bonds is 3. The molecule has 2 aliphatic rings. The van der Waals surface area contributed by atoms with Crippen molar-refractivity contribution in [3.63, 3.8) is 0 Å². The molecule has 0 saturated carbocycles. The van der Waals surface area contributed by atoms with E-state index in [-0.39, 0.29) is 6.10 Å². The first-order valence-electron chi connectivity index (χ1n) is 7.59. The van der Waals surface area contributed by atoms with Gasteiger partial charge in [-0.3, -0.25) is 4.99 Å². The van der Waals surface area contributed by atoms with Crippen molar-refractivity contribution < 1.29 is 5.11 Å². The molecular formula is C14H28N4O. The molecule has 2 rings (SSSR count). The number of aliphatic hydroxyl groups is 1. The van der Waals surface area contributed by atoms with Crippen LogP contribution in [0.3, 0.4) is 0 Å². The molecule has 19 heavy (non-hydrogen) atoms. The van der Waals surface area contributed by atoms with Crippen LogP contribution in [0.25, 0.3) is 0 Å². The van der Waals surface area contributed by atoms with Gasteiger partial charge in [0.1, 0.15) is 0 Å². The summed E-state index contributed by atoms with van der Waals surface area (Å²) >= 11 is 0. The predicted octanol–water partition coefficient (Wildman–Crippen LogP) is 0.360. The molecule has 0 spiro atoms. The van der Waals surface area contributed by atoms with Crippen LogP contribution in [0, 0.1) is 5.92 Å². The number of nitrogens with zero attached hydrogens (tertiary/aromatic N) is 3. The zero-order valence-corrected chi connectivity index (χ0v) is 12.3. The standard InChI is InChI=1S/C14H28N4O/c1-3-15-14(18-8-6-13(19)11-18)16-9-12-5-4-7-17(2)10-12/h12-13,19H,3-11H2,1-2H3,(H,15,16)/t12?,13-/m1/s1. The average Bonchev–Trinajstić information content (AvgIpc) is 2.81. The molecule has 0 aromatic rings. The van der Waals surface area contributed by atoms with Crippen molar-refractivity contribution in [2.75, 3.05) is 46.3 Å². The van der Waals surface area contributed by atoms with Crippen LogP contribution in [0.2, 0.25) is 0 Å². The largest absolute Gasteiger partial charge is 0.391 e. The zero-order valence-electron chi connectivity index (χ0n) is 12.3. The Morgan fingerprint density at radius 2 is 2.16 bits per heavy atom. The molecule has 2 aliphatic heterocycles. The number of likely N-dealkylation sites (tertiary alicyclic amines) is 2. The Balaban J connectivity index is 1.88. The van der Waals surface area contributed by atoms with E-state index in [4.69, 9.17) is 4.99 Å². The summed E-state index contributed by atoms with van der Waals surface area (Å²) in [5.74, 6) is 1.66. The molecule has 0 amide bonds. The molecule has 0 radical (unpaired) electrons. The van der Waals surface area contributed by atoms with Crippen LogP contribution in [-0.4, -0.2) is 73.3 Å². The molecule has 5 nitrogen and oxygen atoms in total. The van der Waals surface area contributed by atoms with Crippen molar-refractivity contribution >= 4 is 5.96 Å². The highest BCUT2D eigenvalue weighted by Crippen LogP contribution is 2.16. The summed E-state index contributed by atoms with van der Waals surface area (Å²) in [5.41, 5.74) is 0. The Labute approximate surface area is 116 Å². The van der Waals surface area contributed by atoms with Gasteiger partial charge in [0.05, 0.1) is 6.10 Å². The van der Waals surface area contributed by atoms with E-state index in [9.17, 15) is 5.11 Å². The molecule has 5 heteroatoms. The monoisotopic (exact) mass is 268 g/mol. The minimum atomic E-state index is -0.190. The summed E-state index contributed by atoms with van der Waals surface area (Å²) in [6.07, 6.45) is 3.24. The second-order valence-electron chi connectivity index (χ2n) is 5.85. The van der Waals surface area contributed by atoms with Crippen LogP contribution >= 0.6 is 0 Å². The van der Waals surface area contributed by atoms with Gasteiger partial charge < -0.3 is 20.2 Å². The summed E-state index contributed by atoms with van der Waals surface area (Å²) in [4.78, 5) is 9.36. The minimum Gasteiger partial charge on any atom is -0.391 e. The average molecular weight is 268 g/mol. The Morgan fingerprint density at radius 3 is 2.79 bits per heavy atom. The molecule has 2 atom stereocenters. The van der Waals surface area contributed by atoms with Gasteiger partial charge in [0.15, 0.2) is 5.96 Å². The maximum Gasteiger partial charge on any atom is 0.194 e. The summed E-state index contributed by atoms with van der Waals surface area (Å²) in [7, 11) is 2.19. The highest BCUT2D eigenvalue weighted by Gasteiger charge is 2.23. The van der Waals surface area contributed by atoms with E-state index in [1.807, 2.05) is 0 Å². The van der Waals surface area contributed by atoms with Crippen LogP contribution in [0.5, 0.6) is 0 Å². The smallest absolute Gasteiger partial charge is 0.194 e. The lowest BCUT2D eigenvalue weighted by Gasteiger charge is -2.29. The number of hydrogen-bond acceptors (Lipinski definition) is 3. The van der Waals surface area contributed by atoms with Gasteiger partial charge in [0, 0.05) is 32.7 Å². The first kappa shape index (κ1) is 14.6. The van der Waals surface area contributed by atoms with Gasteiger partial charge in [-0.15, -0.1) is 0 Å². The molecule has 0 bridgehead atoms. The highest BCUT2D eigenvalue weighted by molar-refractivity contribution is 5.80. The SMILES string of the molecule is CCNC(=NCC1CCCN(C)C1)N1CC[C@@H](O)C1. The molecule has 0 aliphatic carbocycles. The van der Waals surface area contributed by atoms with Gasteiger partial charge in [-0.05, 0) is 45.7 Å². The second kappa shape index (κ2) is 7.10. The Morgan fingerprint density at radius 1 is 1.32 bits per heavy atom. The number of aliphatic imine (C=N–C) groups is 1. The van der Waals surface area contributed by atoms with Gasteiger partial charge in [-0.1, -0.05) is 0 Å². The van der Waals surface area contributed by atoms with Crippen molar-refractivity contribution in [3.05, 3.63) is 0 Å². The van der Waals surface area contributed by atoms with Crippen LogP contribution in [0.1, 0.15) is 26.2 Å². The van der Waals surface area contributed by atoms with Crippen molar-refractivity contribution in [1.82, 2.24) is 15.1 Å². The van der Waals surface area contributed by atoms with Gasteiger partial charge in [0.25, 0.3) is 0 Å². The highest BCUT2D eigenvalue weighted by atomic mass is 16.3. The summed E-state index contributed by atoms with van der Waals surface area (Å²) < 4.78 is 0. The first-order chi connectivity index (χ1) is 9.19. The van der Waals surface area contributed by atoms with E-state index in [0.29, 0.717) is 5.92 Å². The normalized spacial score (nSPS) is 29.8. The Bertz CT molecular complexity index is 308. The van der Waals surface area contributed by atoms with Gasteiger partial charge in [0.2, 0.25) is 0 Å². The molecule has 0 aromatic heterocycles. The van der Waals surface area contributed by atoms with E-state index in [0.717, 1.165) is 45.1 Å². The Kier molecular flexibility index (Phi) is 5.45. The third kappa shape index (κ3) is 4.35. The third-order valence-corrected chi connectivity index (χ3v) is 4.02. The van der Waals surface area contributed by atoms with E-state index in [1.165, 1.54) is 19.4 Å². The third-order valence-electron chi connectivity index (χ3n) is 4.02. The maximum absolute atomic E-state index is 9.64. The number of β-amino-alcohol motifs (C(OH)–C–C–N with tert-alkyl or cyclic N) is 1. The summed E-state index contributed by atoms with van der Waals surface area (Å²) in [5, 5.41) is 13.0. The summed E-state index contributed by atoms with van der Waals surface area (Å²) in [6, 6.07) is 0. The maximum atomic E-state index is 9.64. The van der Waals surface area contributed by atoms with Crippen molar-refractivity contribution in [2.45, 2.75) is 32.3 Å². The Hall–Kier alpha value is -0.810. The minimum absolute atomic E-state index is 0.190. The fraction of sp³-hybridized carbons (Fsp3) is 0.929. The van der Waals surface area contributed by atoms with Crippen molar-refractivity contribution in [2.24, 2.45) is 10.9 Å². The van der Waals surface area contributed by atoms with Crippen LogP contribution < -0.4 is 5.32 Å². The van der Waals surface area contributed by atoms with Crippen LogP contribution in [-0.2, 0) is 0 Å². The number of piperidine rings is 1. The van der Waals surface area contributed by atoms with Gasteiger partial charge >= 0.3 is 0 Å². The quantitative estimate of drug-likeness (QED) is 0.573. The first-order valence-corrected chi connectivity index (χ1v) is 7.59. The molecular weight excluding hydrogens is 240 g/mol. The van der Waals surface area contributed by atoms with Crippen molar-refractivity contribution in [3.8, 4) is 0 Å². The molecule has 110 valence electrons. The van der Waals surface area contributed by atoms with E-state index in [1.54, 1.807) is 0 Å². The van der Waals surface area contributed by atoms with Crippen LogP contribution in [0.4, 0.5) is 0 Å². The second-order valence-corrected chi connectivity index (χ2v) is 5.85. The van der Waals surface area contributed by atoms with Gasteiger partial charge in [-0.25, -0.2) is 0 Å². The zero-order chi connectivity index (χ0) is 13.7. The predicted molar refractivity (Wildman–Crippen MR) is 78.4 cm³/mol. The molecule has 2 fully saturated rings. The van der Waals surface area contributed by atoms with Crippen molar-refractivity contribution in [1.29, 1.82) is 0 Å². The van der Waals surface area contributed by atoms with E-state index >= 15 is 0 Å². The number of guanidine groups is 1. The number of nitrogens with one attached hydrogen (secondary N) is 1. The molecule has 0 aromatic carbocycles. The topological polar surface area (TPSA) is 51.1 Å². The lowest BCUT2D eigenvalue weighted by molar-refractivity contribution is 0.187. The fourth-order valence-electron chi connectivity index (χ4n) is 3.00. The lowest BCUT2D eigenvalue weighted by Crippen LogP contribution is -2.41. The van der Waals surface area contributed by atoms with Crippen LogP contribution in [0.15, 0.2) is 4.99 Å². The lowest BCUT2D eigenvalue weighted by atomic mass is 9.99. The van der Waals surface area contributed by atoms with E-state index in [2.05, 4.69) is 29.1 Å². The number of aliphatic hydroxyl groups excluding tert-OH is 1. The van der Waals surface area contributed by atoms with Gasteiger partial charge in [-0.2, -0.15) is 0 Å². The summed E-state index contributed by atoms with van der Waals surface area (Å²) in [6.45, 7) is 7.89. The van der Waals surface area contributed by atoms with E-state index < -0.39 is 0 Å². The number of hydrogen-bond donors (Lipinski definition) is 2. The molecule has 2 N–H and O–H groups in total. The molecule has 1 unspecified atom stereocenters. The molecule has 2 saturated heterocycles.